The number of aliphatic carboxylic acids is 1. The molecule has 0 saturated carbocycles. The summed E-state index contributed by atoms with van der Waals surface area (Å²) in [5.41, 5.74) is 1.20. The summed E-state index contributed by atoms with van der Waals surface area (Å²) in [4.78, 5) is 12.9. The molecule has 98 valence electrons. The number of carbonyl (C=O) groups is 1. The molecule has 2 rings (SSSR count). The van der Waals surface area contributed by atoms with Gasteiger partial charge in [-0.15, -0.1) is 0 Å². The van der Waals surface area contributed by atoms with E-state index in [0.717, 1.165) is 12.8 Å². The number of phenolic OH excluding ortho intramolecular Hbond substituents is 1. The van der Waals surface area contributed by atoms with Gasteiger partial charge in [-0.1, -0.05) is 12.1 Å². The Labute approximate surface area is 107 Å². The predicted octanol–water partition coefficient (Wildman–Crippen LogP) is 1.73. The Hall–Kier alpha value is -1.55. The van der Waals surface area contributed by atoms with Gasteiger partial charge in [-0.25, -0.2) is 0 Å². The highest BCUT2D eigenvalue weighted by Crippen LogP contribution is 2.21. The van der Waals surface area contributed by atoms with Crippen LogP contribution in [-0.4, -0.2) is 40.2 Å². The summed E-state index contributed by atoms with van der Waals surface area (Å²) in [6.07, 6.45) is 1.97. The van der Waals surface area contributed by atoms with Crippen LogP contribution in [0.2, 0.25) is 0 Å². The number of benzene rings is 1. The van der Waals surface area contributed by atoms with Crippen LogP contribution >= 0.6 is 0 Å². The number of hydrogen-bond donors (Lipinski definition) is 2. The topological polar surface area (TPSA) is 60.8 Å². The summed E-state index contributed by atoms with van der Waals surface area (Å²) in [5.74, 6) is -0.572. The molecule has 1 saturated heterocycles. The zero-order chi connectivity index (χ0) is 13.1. The molecule has 1 unspecified atom stereocenters. The van der Waals surface area contributed by atoms with Crippen molar-refractivity contribution in [3.8, 4) is 5.75 Å². The van der Waals surface area contributed by atoms with Crippen molar-refractivity contribution in [1.29, 1.82) is 0 Å². The van der Waals surface area contributed by atoms with E-state index in [1.807, 2.05) is 12.1 Å². The number of aromatic hydroxyl groups is 1. The number of phenols is 1. The van der Waals surface area contributed by atoms with Crippen LogP contribution in [0.25, 0.3) is 0 Å². The highest BCUT2D eigenvalue weighted by atomic mass is 16.4. The van der Waals surface area contributed by atoms with Crippen LogP contribution in [0.4, 0.5) is 0 Å². The van der Waals surface area contributed by atoms with E-state index < -0.39 is 5.97 Å². The maximum atomic E-state index is 10.7. The molecule has 18 heavy (non-hydrogen) atoms. The van der Waals surface area contributed by atoms with Crippen molar-refractivity contribution < 1.29 is 15.0 Å². The summed E-state index contributed by atoms with van der Waals surface area (Å²) in [5, 5.41) is 18.0. The molecule has 4 nitrogen and oxygen atoms in total. The van der Waals surface area contributed by atoms with Gasteiger partial charge in [0.2, 0.25) is 0 Å². The third kappa shape index (κ3) is 3.01. The molecule has 4 heteroatoms. The van der Waals surface area contributed by atoms with Crippen LogP contribution in [0.3, 0.4) is 0 Å². The molecule has 1 fully saturated rings. The maximum absolute atomic E-state index is 10.7. The summed E-state index contributed by atoms with van der Waals surface area (Å²) in [6, 6.07) is 7.67. The van der Waals surface area contributed by atoms with Gasteiger partial charge in [0.15, 0.2) is 0 Å². The average Bonchev–Trinajstić information content (AvgIpc) is 2.25. The lowest BCUT2D eigenvalue weighted by Gasteiger charge is -2.41. The Morgan fingerprint density at radius 2 is 2.00 bits per heavy atom. The summed E-state index contributed by atoms with van der Waals surface area (Å²) < 4.78 is 0. The second-order valence-corrected chi connectivity index (χ2v) is 5.04. The Bertz CT molecular complexity index is 410. The Balaban J connectivity index is 1.74. The molecule has 1 aliphatic heterocycles. The van der Waals surface area contributed by atoms with Crippen LogP contribution in [0.1, 0.15) is 18.9 Å². The largest absolute Gasteiger partial charge is 0.508 e. The molecule has 1 aromatic rings. The molecule has 0 spiro atoms. The fourth-order valence-corrected chi connectivity index (χ4v) is 2.25. The first kappa shape index (κ1) is 12.9. The highest BCUT2D eigenvalue weighted by molar-refractivity contribution is 5.71. The smallest absolute Gasteiger partial charge is 0.309 e. The third-order valence-corrected chi connectivity index (χ3v) is 3.67. The summed E-state index contributed by atoms with van der Waals surface area (Å²) >= 11 is 0. The van der Waals surface area contributed by atoms with E-state index in [2.05, 4.69) is 11.8 Å². The maximum Gasteiger partial charge on any atom is 0.309 e. The van der Waals surface area contributed by atoms with E-state index in [9.17, 15) is 9.90 Å². The molecular formula is C14H19NO3. The van der Waals surface area contributed by atoms with Crippen LogP contribution in [0.15, 0.2) is 24.3 Å². The van der Waals surface area contributed by atoms with Crippen molar-refractivity contribution in [1.82, 2.24) is 4.90 Å². The fraction of sp³-hybridized carbons (Fsp3) is 0.500. The molecule has 0 radical (unpaired) electrons. The molecule has 0 bridgehead atoms. The van der Waals surface area contributed by atoms with Crippen LogP contribution in [-0.2, 0) is 11.2 Å². The van der Waals surface area contributed by atoms with Crippen LogP contribution < -0.4 is 0 Å². The number of hydrogen-bond acceptors (Lipinski definition) is 3. The zero-order valence-corrected chi connectivity index (χ0v) is 10.5. The minimum absolute atomic E-state index is 0.180. The van der Waals surface area contributed by atoms with Crippen molar-refractivity contribution in [2.75, 3.05) is 13.1 Å². The first-order valence-electron chi connectivity index (χ1n) is 6.31. The zero-order valence-electron chi connectivity index (χ0n) is 10.5. The second-order valence-electron chi connectivity index (χ2n) is 5.04. The van der Waals surface area contributed by atoms with E-state index in [-0.39, 0.29) is 5.92 Å². The molecule has 1 aliphatic rings. The minimum Gasteiger partial charge on any atom is -0.508 e. The van der Waals surface area contributed by atoms with Gasteiger partial charge in [0, 0.05) is 19.1 Å². The molecule has 1 atom stereocenters. The Morgan fingerprint density at radius 1 is 1.39 bits per heavy atom. The van der Waals surface area contributed by atoms with Crippen molar-refractivity contribution in [3.05, 3.63) is 29.8 Å². The lowest BCUT2D eigenvalue weighted by atomic mass is 9.96. The van der Waals surface area contributed by atoms with Gasteiger partial charge < -0.3 is 10.2 Å². The van der Waals surface area contributed by atoms with Gasteiger partial charge in [0.05, 0.1) is 5.92 Å². The van der Waals surface area contributed by atoms with Gasteiger partial charge >= 0.3 is 5.97 Å². The highest BCUT2D eigenvalue weighted by Gasteiger charge is 2.34. The lowest BCUT2D eigenvalue weighted by molar-refractivity contribution is -0.148. The number of carboxylic acid groups (broad SMARTS) is 1. The molecule has 2 N–H and O–H groups in total. The van der Waals surface area contributed by atoms with Gasteiger partial charge in [0.1, 0.15) is 5.75 Å². The SMILES string of the molecule is CC(CCc1ccc(O)cc1)N1CC(C(=O)O)C1. The molecular weight excluding hydrogens is 230 g/mol. The van der Waals surface area contributed by atoms with Crippen molar-refractivity contribution >= 4 is 5.97 Å². The average molecular weight is 249 g/mol. The first-order chi connectivity index (χ1) is 8.56. The van der Waals surface area contributed by atoms with E-state index >= 15 is 0 Å². The number of rotatable bonds is 5. The standard InChI is InChI=1S/C14H19NO3/c1-10(15-8-12(9-15)14(17)18)2-3-11-4-6-13(16)7-5-11/h4-7,10,12,16H,2-3,8-9H2,1H3,(H,17,18). The monoisotopic (exact) mass is 249 g/mol. The molecule has 0 amide bonds. The van der Waals surface area contributed by atoms with Crippen LogP contribution in [0.5, 0.6) is 5.75 Å². The second kappa shape index (κ2) is 5.40. The minimum atomic E-state index is -0.683. The number of likely N-dealkylation sites (tertiary alicyclic amines) is 1. The first-order valence-corrected chi connectivity index (χ1v) is 6.31. The predicted molar refractivity (Wildman–Crippen MR) is 68.6 cm³/mol. The van der Waals surface area contributed by atoms with E-state index in [4.69, 9.17) is 5.11 Å². The normalized spacial score (nSPS) is 18.3. The van der Waals surface area contributed by atoms with E-state index in [1.165, 1.54) is 5.56 Å². The molecule has 0 aromatic heterocycles. The van der Waals surface area contributed by atoms with E-state index in [0.29, 0.717) is 24.9 Å². The number of aryl methyl sites for hydroxylation is 1. The Kier molecular flexibility index (Phi) is 3.87. The van der Waals surface area contributed by atoms with Crippen molar-refractivity contribution in [2.24, 2.45) is 5.92 Å². The molecule has 0 aliphatic carbocycles. The van der Waals surface area contributed by atoms with Gasteiger partial charge in [-0.2, -0.15) is 0 Å². The van der Waals surface area contributed by atoms with Crippen LogP contribution in [0, 0.1) is 5.92 Å². The van der Waals surface area contributed by atoms with E-state index in [1.54, 1.807) is 12.1 Å². The van der Waals surface area contributed by atoms with Crippen molar-refractivity contribution in [2.45, 2.75) is 25.8 Å². The van der Waals surface area contributed by atoms with Gasteiger partial charge in [0.25, 0.3) is 0 Å². The Morgan fingerprint density at radius 3 is 2.56 bits per heavy atom. The van der Waals surface area contributed by atoms with Crippen molar-refractivity contribution in [3.63, 3.8) is 0 Å². The molecule has 1 aromatic carbocycles. The van der Waals surface area contributed by atoms with Gasteiger partial charge in [-0.05, 0) is 37.5 Å². The summed E-state index contributed by atoms with van der Waals surface area (Å²) in [6.45, 7) is 3.48. The summed E-state index contributed by atoms with van der Waals surface area (Å²) in [7, 11) is 0. The third-order valence-electron chi connectivity index (χ3n) is 3.67. The number of nitrogens with zero attached hydrogens (tertiary/aromatic N) is 1. The number of carboxylic acids is 1. The van der Waals surface area contributed by atoms with Gasteiger partial charge in [-0.3, -0.25) is 9.69 Å². The fourth-order valence-electron chi connectivity index (χ4n) is 2.25. The lowest BCUT2D eigenvalue weighted by Crippen LogP contribution is -2.54. The quantitative estimate of drug-likeness (QED) is 0.834. The molecule has 1 heterocycles.